The second-order valence-corrected chi connectivity index (χ2v) is 4.27. The summed E-state index contributed by atoms with van der Waals surface area (Å²) in [7, 11) is 1.60. The monoisotopic (exact) mass is 273 g/mol. The first-order chi connectivity index (χ1) is 9.51. The van der Waals surface area contributed by atoms with Crippen LogP contribution in [0.15, 0.2) is 30.5 Å². The fourth-order valence-electron chi connectivity index (χ4n) is 1.76. The van der Waals surface area contributed by atoms with E-state index in [0.29, 0.717) is 5.82 Å². The summed E-state index contributed by atoms with van der Waals surface area (Å²) in [5.41, 5.74) is 7.50. The molecule has 1 aromatic heterocycles. The highest BCUT2D eigenvalue weighted by atomic mass is 16.5. The van der Waals surface area contributed by atoms with Crippen LogP contribution >= 0.6 is 0 Å². The van der Waals surface area contributed by atoms with Gasteiger partial charge in [-0.3, -0.25) is 0 Å². The van der Waals surface area contributed by atoms with Crippen molar-refractivity contribution in [2.24, 2.45) is 0 Å². The number of carboxylic acids is 1. The summed E-state index contributed by atoms with van der Waals surface area (Å²) >= 11 is 0. The van der Waals surface area contributed by atoms with E-state index in [1.165, 1.54) is 12.3 Å². The Morgan fingerprint density at radius 1 is 1.40 bits per heavy atom. The van der Waals surface area contributed by atoms with Crippen LogP contribution in [0, 0.1) is 6.92 Å². The van der Waals surface area contributed by atoms with Crippen molar-refractivity contribution in [2.75, 3.05) is 18.2 Å². The molecule has 0 aliphatic heterocycles. The zero-order chi connectivity index (χ0) is 14.7. The molecule has 0 saturated heterocycles. The van der Waals surface area contributed by atoms with Crippen LogP contribution in [0.5, 0.6) is 5.75 Å². The molecule has 0 spiro atoms. The van der Waals surface area contributed by atoms with Gasteiger partial charge in [0, 0.05) is 5.69 Å². The molecule has 6 heteroatoms. The van der Waals surface area contributed by atoms with Gasteiger partial charge >= 0.3 is 5.97 Å². The zero-order valence-electron chi connectivity index (χ0n) is 11.2. The van der Waals surface area contributed by atoms with Gasteiger partial charge in [0.2, 0.25) is 0 Å². The molecule has 1 aromatic carbocycles. The third-order valence-electron chi connectivity index (χ3n) is 2.86. The second-order valence-electron chi connectivity index (χ2n) is 4.27. The van der Waals surface area contributed by atoms with E-state index in [1.807, 2.05) is 25.1 Å². The summed E-state index contributed by atoms with van der Waals surface area (Å²) in [6.45, 7) is 1.92. The molecule has 0 bridgehead atoms. The molecule has 0 aliphatic rings. The average molecular weight is 273 g/mol. The Hall–Kier alpha value is -2.76. The van der Waals surface area contributed by atoms with Crippen molar-refractivity contribution in [3.63, 3.8) is 0 Å². The maximum Gasteiger partial charge on any atom is 0.337 e. The highest BCUT2D eigenvalue weighted by Gasteiger charge is 2.10. The standard InChI is InChI=1S/C14H15N3O3/c1-8-5-9(20-2)3-4-12(8)17-13-6-10(14(18)19)11(15)7-16-13/h3-7H,15H2,1-2H3,(H,16,17)(H,18,19). The number of rotatable bonds is 4. The molecular weight excluding hydrogens is 258 g/mol. The fraction of sp³-hybridized carbons (Fsp3) is 0.143. The number of nitrogens with zero attached hydrogens (tertiary/aromatic N) is 1. The van der Waals surface area contributed by atoms with Gasteiger partial charge in [0.1, 0.15) is 11.6 Å². The van der Waals surface area contributed by atoms with E-state index in [2.05, 4.69) is 10.3 Å². The number of aromatic carboxylic acids is 1. The lowest BCUT2D eigenvalue weighted by molar-refractivity contribution is 0.0698. The number of nitrogens with two attached hydrogens (primary N) is 1. The second kappa shape index (κ2) is 5.48. The summed E-state index contributed by atoms with van der Waals surface area (Å²) in [5.74, 6) is 0.0915. The maximum absolute atomic E-state index is 11.0. The van der Waals surface area contributed by atoms with Crippen molar-refractivity contribution >= 4 is 23.2 Å². The average Bonchev–Trinajstić information content (AvgIpc) is 2.42. The molecule has 104 valence electrons. The summed E-state index contributed by atoms with van der Waals surface area (Å²) in [4.78, 5) is 15.1. The lowest BCUT2D eigenvalue weighted by Crippen LogP contribution is -2.05. The van der Waals surface area contributed by atoms with Crippen molar-refractivity contribution in [3.8, 4) is 5.75 Å². The molecule has 0 amide bonds. The van der Waals surface area contributed by atoms with Crippen molar-refractivity contribution < 1.29 is 14.6 Å². The normalized spacial score (nSPS) is 10.1. The summed E-state index contributed by atoms with van der Waals surface area (Å²) in [6, 6.07) is 6.93. The van der Waals surface area contributed by atoms with E-state index in [-0.39, 0.29) is 11.3 Å². The molecule has 0 saturated carbocycles. The van der Waals surface area contributed by atoms with E-state index in [1.54, 1.807) is 7.11 Å². The molecule has 4 N–H and O–H groups in total. The van der Waals surface area contributed by atoms with Gasteiger partial charge in [-0.15, -0.1) is 0 Å². The molecule has 0 aliphatic carbocycles. The molecule has 0 radical (unpaired) electrons. The number of pyridine rings is 1. The van der Waals surface area contributed by atoms with Gasteiger partial charge in [0.15, 0.2) is 0 Å². The third-order valence-corrected chi connectivity index (χ3v) is 2.86. The first kappa shape index (κ1) is 13.7. The fourth-order valence-corrected chi connectivity index (χ4v) is 1.76. The first-order valence-corrected chi connectivity index (χ1v) is 5.91. The van der Waals surface area contributed by atoms with Crippen LogP contribution in [0.4, 0.5) is 17.2 Å². The van der Waals surface area contributed by atoms with Gasteiger partial charge in [-0.05, 0) is 36.8 Å². The molecule has 0 unspecified atom stereocenters. The van der Waals surface area contributed by atoms with E-state index < -0.39 is 5.97 Å². The number of hydrogen-bond acceptors (Lipinski definition) is 5. The predicted molar refractivity (Wildman–Crippen MR) is 76.6 cm³/mol. The van der Waals surface area contributed by atoms with E-state index in [4.69, 9.17) is 15.6 Å². The molecule has 0 fully saturated rings. The third kappa shape index (κ3) is 2.80. The first-order valence-electron chi connectivity index (χ1n) is 5.91. The minimum Gasteiger partial charge on any atom is -0.497 e. The van der Waals surface area contributed by atoms with Crippen LogP contribution in [-0.4, -0.2) is 23.2 Å². The number of benzene rings is 1. The van der Waals surface area contributed by atoms with Crippen molar-refractivity contribution in [3.05, 3.63) is 41.6 Å². The maximum atomic E-state index is 11.0. The van der Waals surface area contributed by atoms with Crippen molar-refractivity contribution in [1.82, 2.24) is 4.98 Å². The summed E-state index contributed by atoms with van der Waals surface area (Å²) < 4.78 is 5.13. The Balaban J connectivity index is 2.30. The van der Waals surface area contributed by atoms with E-state index in [9.17, 15) is 4.79 Å². The van der Waals surface area contributed by atoms with Gasteiger partial charge in [0.25, 0.3) is 0 Å². The number of aryl methyl sites for hydroxylation is 1. The molecule has 0 atom stereocenters. The van der Waals surface area contributed by atoms with Gasteiger partial charge in [0.05, 0.1) is 24.6 Å². The zero-order valence-corrected chi connectivity index (χ0v) is 11.2. The highest BCUT2D eigenvalue weighted by Crippen LogP contribution is 2.25. The van der Waals surface area contributed by atoms with Gasteiger partial charge in [-0.1, -0.05) is 0 Å². The highest BCUT2D eigenvalue weighted by molar-refractivity contribution is 5.94. The van der Waals surface area contributed by atoms with Crippen LogP contribution < -0.4 is 15.8 Å². The quantitative estimate of drug-likeness (QED) is 0.791. The number of ether oxygens (including phenoxy) is 1. The Morgan fingerprint density at radius 2 is 2.15 bits per heavy atom. The van der Waals surface area contributed by atoms with Gasteiger partial charge in [-0.25, -0.2) is 9.78 Å². The minimum absolute atomic E-state index is 0.0219. The molecular formula is C14H15N3O3. The number of methoxy groups -OCH3 is 1. The van der Waals surface area contributed by atoms with Crippen molar-refractivity contribution in [2.45, 2.75) is 6.92 Å². The smallest absolute Gasteiger partial charge is 0.337 e. The Kier molecular flexibility index (Phi) is 3.74. The Bertz CT molecular complexity index is 656. The van der Waals surface area contributed by atoms with Crippen LogP contribution in [-0.2, 0) is 0 Å². The SMILES string of the molecule is COc1ccc(Nc2cc(C(=O)O)c(N)cn2)c(C)c1. The number of anilines is 3. The molecule has 2 aromatic rings. The van der Waals surface area contributed by atoms with Crippen LogP contribution in [0.3, 0.4) is 0 Å². The van der Waals surface area contributed by atoms with Gasteiger partial charge in [-0.2, -0.15) is 0 Å². The molecule has 2 rings (SSSR count). The van der Waals surface area contributed by atoms with Gasteiger partial charge < -0.3 is 20.9 Å². The van der Waals surface area contributed by atoms with E-state index in [0.717, 1.165) is 17.0 Å². The largest absolute Gasteiger partial charge is 0.497 e. The van der Waals surface area contributed by atoms with Crippen LogP contribution in [0.25, 0.3) is 0 Å². The summed E-state index contributed by atoms with van der Waals surface area (Å²) in [6.07, 6.45) is 1.32. The number of nitrogens with one attached hydrogen (secondary N) is 1. The Morgan fingerprint density at radius 3 is 2.75 bits per heavy atom. The van der Waals surface area contributed by atoms with Crippen LogP contribution in [0.1, 0.15) is 15.9 Å². The predicted octanol–water partition coefficient (Wildman–Crippen LogP) is 2.42. The van der Waals surface area contributed by atoms with Crippen LogP contribution in [0.2, 0.25) is 0 Å². The van der Waals surface area contributed by atoms with E-state index >= 15 is 0 Å². The molecule has 1 heterocycles. The number of nitrogen functional groups attached to an aromatic ring is 1. The Labute approximate surface area is 116 Å². The minimum atomic E-state index is -1.08. The molecule has 20 heavy (non-hydrogen) atoms. The number of carbonyl (C=O) groups is 1. The van der Waals surface area contributed by atoms with Crippen molar-refractivity contribution in [1.29, 1.82) is 0 Å². The number of aromatic nitrogens is 1. The summed E-state index contributed by atoms with van der Waals surface area (Å²) in [5, 5.41) is 12.1. The molecule has 6 nitrogen and oxygen atoms in total. The lowest BCUT2D eigenvalue weighted by Gasteiger charge is -2.11. The number of carboxylic acid groups (broad SMARTS) is 1. The number of hydrogen-bond donors (Lipinski definition) is 3. The topological polar surface area (TPSA) is 97.5 Å². The lowest BCUT2D eigenvalue weighted by atomic mass is 10.2.